The van der Waals surface area contributed by atoms with E-state index in [-0.39, 0.29) is 11.7 Å². The van der Waals surface area contributed by atoms with Crippen molar-refractivity contribution in [3.63, 3.8) is 0 Å². The van der Waals surface area contributed by atoms with E-state index in [1.807, 2.05) is 48.3 Å². The number of carbonyl (C=O) groups is 1. The van der Waals surface area contributed by atoms with Gasteiger partial charge in [0.15, 0.2) is 5.76 Å². The van der Waals surface area contributed by atoms with E-state index >= 15 is 0 Å². The number of rotatable bonds is 4. The van der Waals surface area contributed by atoms with Gasteiger partial charge in [0, 0.05) is 12.7 Å². The van der Waals surface area contributed by atoms with Crippen LogP contribution in [0.3, 0.4) is 0 Å². The van der Waals surface area contributed by atoms with Gasteiger partial charge in [0.25, 0.3) is 5.91 Å². The maximum absolute atomic E-state index is 11.9. The van der Waals surface area contributed by atoms with Crippen LogP contribution in [0, 0.1) is 0 Å². The highest BCUT2D eigenvalue weighted by atomic mass is 16.3. The molecule has 0 aliphatic carbocycles. The van der Waals surface area contributed by atoms with Crippen molar-refractivity contribution in [2.75, 3.05) is 17.3 Å². The minimum Gasteiger partial charge on any atom is -0.459 e. The molecular formula is C17H15N3O2. The lowest BCUT2D eigenvalue weighted by Gasteiger charge is -2.19. The number of hydrogen-bond acceptors (Lipinski definition) is 4. The third-order valence-corrected chi connectivity index (χ3v) is 3.27. The average molecular weight is 293 g/mol. The zero-order valence-electron chi connectivity index (χ0n) is 12.1. The van der Waals surface area contributed by atoms with Crippen molar-refractivity contribution in [3.8, 4) is 0 Å². The summed E-state index contributed by atoms with van der Waals surface area (Å²) in [5, 5.41) is 2.69. The summed E-state index contributed by atoms with van der Waals surface area (Å²) in [7, 11) is 1.97. The third kappa shape index (κ3) is 2.98. The molecule has 2 heterocycles. The lowest BCUT2D eigenvalue weighted by molar-refractivity contribution is 0.0996. The molecule has 0 aliphatic rings. The van der Waals surface area contributed by atoms with Gasteiger partial charge in [-0.05, 0) is 36.4 Å². The quantitative estimate of drug-likeness (QED) is 0.797. The van der Waals surface area contributed by atoms with E-state index in [4.69, 9.17) is 4.42 Å². The maximum Gasteiger partial charge on any atom is 0.292 e. The second kappa shape index (κ2) is 6.13. The fourth-order valence-electron chi connectivity index (χ4n) is 2.04. The number of aromatic nitrogens is 1. The molecule has 5 nitrogen and oxygen atoms in total. The molecule has 1 amide bonds. The van der Waals surface area contributed by atoms with Crippen molar-refractivity contribution < 1.29 is 9.21 Å². The molecule has 0 bridgehead atoms. The smallest absolute Gasteiger partial charge is 0.292 e. The Morgan fingerprint density at radius 2 is 1.86 bits per heavy atom. The number of furan rings is 1. The molecule has 0 aliphatic heterocycles. The molecule has 2 aromatic heterocycles. The summed E-state index contributed by atoms with van der Waals surface area (Å²) >= 11 is 0. The molecule has 1 aromatic carbocycles. The van der Waals surface area contributed by atoms with Crippen LogP contribution in [0.15, 0.2) is 71.5 Å². The monoisotopic (exact) mass is 293 g/mol. The minimum absolute atomic E-state index is 0.257. The second-order valence-corrected chi connectivity index (χ2v) is 4.73. The van der Waals surface area contributed by atoms with Gasteiger partial charge in [-0.2, -0.15) is 0 Å². The van der Waals surface area contributed by atoms with Gasteiger partial charge in [-0.3, -0.25) is 4.79 Å². The van der Waals surface area contributed by atoms with Gasteiger partial charge in [0.2, 0.25) is 0 Å². The molecule has 0 saturated carbocycles. The van der Waals surface area contributed by atoms with Crippen LogP contribution in [0.25, 0.3) is 0 Å². The van der Waals surface area contributed by atoms with Crippen LogP contribution in [-0.4, -0.2) is 17.9 Å². The zero-order chi connectivity index (χ0) is 15.4. The van der Waals surface area contributed by atoms with Crippen LogP contribution in [0.5, 0.6) is 0 Å². The first kappa shape index (κ1) is 13.9. The second-order valence-electron chi connectivity index (χ2n) is 4.73. The highest BCUT2D eigenvalue weighted by Gasteiger charge is 2.10. The summed E-state index contributed by atoms with van der Waals surface area (Å²) in [5.41, 5.74) is 2.00. The fourth-order valence-corrected chi connectivity index (χ4v) is 2.04. The Hall–Kier alpha value is -3.08. The first-order chi connectivity index (χ1) is 10.7. The molecule has 5 heteroatoms. The van der Waals surface area contributed by atoms with Crippen molar-refractivity contribution in [1.82, 2.24) is 4.98 Å². The van der Waals surface area contributed by atoms with Gasteiger partial charge in [-0.15, -0.1) is 0 Å². The van der Waals surface area contributed by atoms with Crippen LogP contribution in [0.1, 0.15) is 10.6 Å². The topological polar surface area (TPSA) is 58.4 Å². The van der Waals surface area contributed by atoms with Crippen molar-refractivity contribution in [2.24, 2.45) is 0 Å². The lowest BCUT2D eigenvalue weighted by Crippen LogP contribution is -2.13. The highest BCUT2D eigenvalue weighted by Crippen LogP contribution is 2.23. The van der Waals surface area contributed by atoms with E-state index in [1.54, 1.807) is 24.4 Å². The average Bonchev–Trinajstić information content (AvgIpc) is 3.10. The number of pyridine rings is 1. The number of nitrogens with one attached hydrogen (secondary N) is 1. The number of para-hydroxylation sites is 1. The molecule has 0 radical (unpaired) electrons. The summed E-state index contributed by atoms with van der Waals surface area (Å²) in [6.07, 6.45) is 3.17. The van der Waals surface area contributed by atoms with Gasteiger partial charge in [0.1, 0.15) is 5.82 Å². The molecule has 0 unspecified atom stereocenters. The summed E-state index contributed by atoms with van der Waals surface area (Å²) in [6, 6.07) is 16.9. The number of amides is 1. The van der Waals surface area contributed by atoms with Crippen LogP contribution < -0.4 is 10.2 Å². The maximum atomic E-state index is 11.9. The number of carbonyl (C=O) groups excluding carboxylic acids is 1. The Morgan fingerprint density at radius 1 is 1.05 bits per heavy atom. The molecule has 0 saturated heterocycles. The van der Waals surface area contributed by atoms with Crippen LogP contribution >= 0.6 is 0 Å². The predicted molar refractivity (Wildman–Crippen MR) is 85.4 cm³/mol. The Balaban J connectivity index is 1.72. The molecule has 0 spiro atoms. The molecule has 0 atom stereocenters. The SMILES string of the molecule is CN(c1ccccc1)c1ccc(NC(=O)c2ccco2)nc1. The minimum atomic E-state index is -0.318. The third-order valence-electron chi connectivity index (χ3n) is 3.27. The Morgan fingerprint density at radius 3 is 2.50 bits per heavy atom. The fraction of sp³-hybridized carbons (Fsp3) is 0.0588. The van der Waals surface area contributed by atoms with Crippen LogP contribution in [0.2, 0.25) is 0 Å². The van der Waals surface area contributed by atoms with Crippen molar-refractivity contribution in [3.05, 3.63) is 72.8 Å². The molecule has 3 aromatic rings. The first-order valence-electron chi connectivity index (χ1n) is 6.84. The van der Waals surface area contributed by atoms with Gasteiger partial charge in [0.05, 0.1) is 18.1 Å². The highest BCUT2D eigenvalue weighted by molar-refractivity contribution is 6.01. The van der Waals surface area contributed by atoms with Crippen molar-refractivity contribution >= 4 is 23.1 Å². The van der Waals surface area contributed by atoms with Gasteiger partial charge in [-0.25, -0.2) is 4.98 Å². The molecule has 110 valence electrons. The number of hydrogen-bond donors (Lipinski definition) is 1. The Bertz CT molecular complexity index is 737. The predicted octanol–water partition coefficient (Wildman–Crippen LogP) is 3.69. The largest absolute Gasteiger partial charge is 0.459 e. The van der Waals surface area contributed by atoms with E-state index < -0.39 is 0 Å². The first-order valence-corrected chi connectivity index (χ1v) is 6.84. The normalized spacial score (nSPS) is 10.2. The van der Waals surface area contributed by atoms with E-state index in [0.29, 0.717) is 5.82 Å². The Kier molecular flexibility index (Phi) is 3.87. The van der Waals surface area contributed by atoms with Crippen molar-refractivity contribution in [1.29, 1.82) is 0 Å². The van der Waals surface area contributed by atoms with E-state index in [1.165, 1.54) is 6.26 Å². The van der Waals surface area contributed by atoms with E-state index in [9.17, 15) is 4.79 Å². The summed E-state index contributed by atoms with van der Waals surface area (Å²) in [4.78, 5) is 18.1. The number of benzene rings is 1. The number of anilines is 3. The zero-order valence-corrected chi connectivity index (χ0v) is 12.1. The van der Waals surface area contributed by atoms with E-state index in [0.717, 1.165) is 11.4 Å². The molecule has 0 fully saturated rings. The standard InChI is InChI=1S/C17H15N3O2/c1-20(13-6-3-2-4-7-13)14-9-10-16(18-12-14)19-17(21)15-8-5-11-22-15/h2-12H,1H3,(H,18,19,21). The van der Waals surface area contributed by atoms with Gasteiger partial charge in [-0.1, -0.05) is 18.2 Å². The lowest BCUT2D eigenvalue weighted by atomic mass is 10.2. The summed E-state index contributed by atoms with van der Waals surface area (Å²) in [5.74, 6) is 0.417. The van der Waals surface area contributed by atoms with Crippen molar-refractivity contribution in [2.45, 2.75) is 0 Å². The molecule has 22 heavy (non-hydrogen) atoms. The van der Waals surface area contributed by atoms with Crippen LogP contribution in [-0.2, 0) is 0 Å². The van der Waals surface area contributed by atoms with E-state index in [2.05, 4.69) is 10.3 Å². The molecule has 3 rings (SSSR count). The van der Waals surface area contributed by atoms with Crippen LogP contribution in [0.4, 0.5) is 17.2 Å². The van der Waals surface area contributed by atoms with Gasteiger partial charge >= 0.3 is 0 Å². The summed E-state index contributed by atoms with van der Waals surface area (Å²) in [6.45, 7) is 0. The Labute approximate surface area is 128 Å². The summed E-state index contributed by atoms with van der Waals surface area (Å²) < 4.78 is 5.04. The van der Waals surface area contributed by atoms with Gasteiger partial charge < -0.3 is 14.6 Å². The molecular weight excluding hydrogens is 278 g/mol. The number of nitrogens with zero attached hydrogens (tertiary/aromatic N) is 2. The molecule has 1 N–H and O–H groups in total.